The van der Waals surface area contributed by atoms with E-state index in [4.69, 9.17) is 0 Å². The van der Waals surface area contributed by atoms with Crippen molar-refractivity contribution in [3.63, 3.8) is 0 Å². The molecule has 2 rings (SSSR count). The van der Waals surface area contributed by atoms with E-state index in [-0.39, 0.29) is 32.1 Å². The number of alkyl halides is 3. The van der Waals surface area contributed by atoms with Crippen molar-refractivity contribution in [3.8, 4) is 0 Å². The van der Waals surface area contributed by atoms with Crippen molar-refractivity contribution in [1.82, 2.24) is 14.5 Å². The number of carbonyl (C=O) groups excluding carboxylic acids is 1. The fourth-order valence-electron chi connectivity index (χ4n) is 2.87. The average Bonchev–Trinajstić information content (AvgIpc) is 2.80. The Balaban J connectivity index is 2.17. The van der Waals surface area contributed by atoms with Crippen molar-refractivity contribution >= 4 is 15.9 Å². The van der Waals surface area contributed by atoms with E-state index in [0.717, 1.165) is 16.4 Å². The first kappa shape index (κ1) is 20.7. The molecule has 0 unspecified atom stereocenters. The van der Waals surface area contributed by atoms with Crippen molar-refractivity contribution in [2.75, 3.05) is 39.3 Å². The highest BCUT2D eigenvalue weighted by molar-refractivity contribution is 7.89. The molecule has 1 N–H and O–H groups in total. The van der Waals surface area contributed by atoms with Crippen LogP contribution in [0.25, 0.3) is 0 Å². The highest BCUT2D eigenvalue weighted by atomic mass is 32.2. The van der Waals surface area contributed by atoms with E-state index < -0.39 is 26.7 Å². The van der Waals surface area contributed by atoms with Gasteiger partial charge in [0.15, 0.2) is 0 Å². The van der Waals surface area contributed by atoms with Gasteiger partial charge in [0.25, 0.3) is 0 Å². The number of hydrogen-bond acceptors (Lipinski definition) is 4. The number of sulfonamides is 1. The fraction of sp³-hybridized carbons (Fsp3) is 0.562. The maximum atomic E-state index is 13.2. The van der Waals surface area contributed by atoms with Crippen molar-refractivity contribution < 1.29 is 26.4 Å². The predicted molar refractivity (Wildman–Crippen MR) is 89.9 cm³/mol. The van der Waals surface area contributed by atoms with E-state index in [2.05, 4.69) is 5.32 Å². The van der Waals surface area contributed by atoms with E-state index >= 15 is 0 Å². The molecule has 1 aliphatic rings. The highest BCUT2D eigenvalue weighted by Crippen LogP contribution is 2.35. The maximum Gasteiger partial charge on any atom is 0.417 e. The Morgan fingerprint density at radius 2 is 1.85 bits per heavy atom. The van der Waals surface area contributed by atoms with E-state index in [9.17, 15) is 26.4 Å². The van der Waals surface area contributed by atoms with Crippen LogP contribution >= 0.6 is 0 Å². The average molecular weight is 393 g/mol. The van der Waals surface area contributed by atoms with Crippen molar-refractivity contribution in [3.05, 3.63) is 29.8 Å². The summed E-state index contributed by atoms with van der Waals surface area (Å²) < 4.78 is 66.1. The lowest BCUT2D eigenvalue weighted by Gasteiger charge is -2.23. The SMILES string of the molecule is CCNC(=O)CN1CCCN(S(=O)(=O)c2ccccc2C(F)(F)F)CC1. The number of nitrogens with zero attached hydrogens (tertiary/aromatic N) is 2. The van der Waals surface area contributed by atoms with Crippen LogP contribution < -0.4 is 5.32 Å². The summed E-state index contributed by atoms with van der Waals surface area (Å²) in [6, 6.07) is 4.20. The minimum Gasteiger partial charge on any atom is -0.355 e. The quantitative estimate of drug-likeness (QED) is 0.824. The van der Waals surface area contributed by atoms with Gasteiger partial charge in [-0.1, -0.05) is 12.1 Å². The number of nitrogens with one attached hydrogen (secondary N) is 1. The molecule has 0 spiro atoms. The number of likely N-dealkylation sites (N-methyl/N-ethyl adjacent to an activating group) is 1. The Bertz CT molecular complexity index is 738. The minimum atomic E-state index is -4.75. The zero-order valence-electron chi connectivity index (χ0n) is 14.4. The smallest absolute Gasteiger partial charge is 0.355 e. The molecule has 1 amide bonds. The van der Waals surface area contributed by atoms with Gasteiger partial charge in [-0.05, 0) is 32.0 Å². The molecule has 1 heterocycles. The first-order chi connectivity index (χ1) is 12.2. The lowest BCUT2D eigenvalue weighted by Crippen LogP contribution is -2.40. The predicted octanol–water partition coefficient (Wildman–Crippen LogP) is 1.54. The third-order valence-corrected chi connectivity index (χ3v) is 6.06. The second-order valence-electron chi connectivity index (χ2n) is 5.98. The molecule has 1 aromatic rings. The molecular formula is C16H22F3N3O3S. The second kappa shape index (κ2) is 8.36. The van der Waals surface area contributed by atoms with Crippen LogP contribution in [0.1, 0.15) is 18.9 Å². The maximum absolute atomic E-state index is 13.2. The summed E-state index contributed by atoms with van der Waals surface area (Å²) in [6.07, 6.45) is -4.31. The van der Waals surface area contributed by atoms with Gasteiger partial charge in [-0.25, -0.2) is 8.42 Å². The normalized spacial score (nSPS) is 17.7. The van der Waals surface area contributed by atoms with Gasteiger partial charge in [0.05, 0.1) is 17.0 Å². The molecule has 1 saturated heterocycles. The molecule has 0 aliphatic carbocycles. The summed E-state index contributed by atoms with van der Waals surface area (Å²) in [5, 5.41) is 2.67. The zero-order valence-corrected chi connectivity index (χ0v) is 15.2. The zero-order chi connectivity index (χ0) is 19.4. The second-order valence-corrected chi connectivity index (χ2v) is 7.89. The van der Waals surface area contributed by atoms with Crippen molar-refractivity contribution in [2.45, 2.75) is 24.4 Å². The number of rotatable bonds is 5. The number of carbonyl (C=O) groups is 1. The van der Waals surface area contributed by atoms with Gasteiger partial charge in [-0.3, -0.25) is 9.69 Å². The highest BCUT2D eigenvalue weighted by Gasteiger charge is 2.39. The van der Waals surface area contributed by atoms with Crippen LogP contribution in [0, 0.1) is 0 Å². The van der Waals surface area contributed by atoms with Gasteiger partial charge in [-0.15, -0.1) is 0 Å². The Morgan fingerprint density at radius 1 is 1.15 bits per heavy atom. The molecule has 0 atom stereocenters. The van der Waals surface area contributed by atoms with E-state index in [0.29, 0.717) is 19.5 Å². The number of amides is 1. The summed E-state index contributed by atoms with van der Waals surface area (Å²) in [5.74, 6) is -0.161. The lowest BCUT2D eigenvalue weighted by atomic mass is 10.2. The number of halogens is 3. The van der Waals surface area contributed by atoms with Crippen molar-refractivity contribution in [2.24, 2.45) is 0 Å². The van der Waals surface area contributed by atoms with Crippen LogP contribution in [0.2, 0.25) is 0 Å². The lowest BCUT2D eigenvalue weighted by molar-refractivity contribution is -0.140. The number of benzene rings is 1. The largest absolute Gasteiger partial charge is 0.417 e. The van der Waals surface area contributed by atoms with E-state index in [1.165, 1.54) is 12.1 Å². The Labute approximate surface area is 151 Å². The van der Waals surface area contributed by atoms with Crippen LogP contribution in [0.4, 0.5) is 13.2 Å². The van der Waals surface area contributed by atoms with Gasteiger partial charge < -0.3 is 5.32 Å². The summed E-state index contributed by atoms with van der Waals surface area (Å²) in [5.41, 5.74) is -1.16. The molecule has 0 saturated carbocycles. The van der Waals surface area contributed by atoms with Crippen LogP contribution in [0.15, 0.2) is 29.2 Å². The third kappa shape index (κ3) is 4.95. The first-order valence-electron chi connectivity index (χ1n) is 8.31. The molecular weight excluding hydrogens is 371 g/mol. The molecule has 1 aliphatic heterocycles. The molecule has 6 nitrogen and oxygen atoms in total. The van der Waals surface area contributed by atoms with Gasteiger partial charge in [0, 0.05) is 26.2 Å². The molecule has 1 fully saturated rings. The molecule has 0 radical (unpaired) electrons. The number of hydrogen-bond donors (Lipinski definition) is 1. The van der Waals surface area contributed by atoms with E-state index in [1.807, 2.05) is 0 Å². The minimum absolute atomic E-state index is 0.0356. The molecule has 10 heteroatoms. The van der Waals surface area contributed by atoms with Gasteiger partial charge in [0.2, 0.25) is 15.9 Å². The van der Waals surface area contributed by atoms with Gasteiger partial charge in [0.1, 0.15) is 0 Å². The molecule has 0 aromatic heterocycles. The Morgan fingerprint density at radius 3 is 2.50 bits per heavy atom. The van der Waals surface area contributed by atoms with Crippen LogP contribution in [-0.4, -0.2) is 62.8 Å². The topological polar surface area (TPSA) is 69.7 Å². The summed E-state index contributed by atoms with van der Waals surface area (Å²) in [6.45, 7) is 3.37. The molecule has 1 aromatic carbocycles. The molecule has 26 heavy (non-hydrogen) atoms. The van der Waals surface area contributed by atoms with Crippen LogP contribution in [-0.2, 0) is 21.0 Å². The van der Waals surface area contributed by atoms with Crippen LogP contribution in [0.3, 0.4) is 0 Å². The van der Waals surface area contributed by atoms with Crippen molar-refractivity contribution in [1.29, 1.82) is 0 Å². The Kier molecular flexibility index (Phi) is 6.64. The Hall–Kier alpha value is -1.65. The summed E-state index contributed by atoms with van der Waals surface area (Å²) in [7, 11) is -4.28. The van der Waals surface area contributed by atoms with Crippen LogP contribution in [0.5, 0.6) is 0 Å². The standard InChI is InChI=1S/C16H22F3N3O3S/c1-2-20-15(23)12-21-8-5-9-22(11-10-21)26(24,25)14-7-4-3-6-13(14)16(17,18)19/h3-4,6-7H,2,5,8-12H2,1H3,(H,20,23). The van der Waals surface area contributed by atoms with Gasteiger partial charge >= 0.3 is 6.18 Å². The summed E-state index contributed by atoms with van der Waals surface area (Å²) >= 11 is 0. The summed E-state index contributed by atoms with van der Waals surface area (Å²) in [4.78, 5) is 12.7. The molecule has 146 valence electrons. The molecule has 0 bridgehead atoms. The fourth-order valence-corrected chi connectivity index (χ4v) is 4.55. The van der Waals surface area contributed by atoms with E-state index in [1.54, 1.807) is 11.8 Å². The van der Waals surface area contributed by atoms with Gasteiger partial charge in [-0.2, -0.15) is 17.5 Å². The third-order valence-electron chi connectivity index (χ3n) is 4.10. The monoisotopic (exact) mass is 393 g/mol. The first-order valence-corrected chi connectivity index (χ1v) is 9.75.